The number of halogens is 1. The van der Waals surface area contributed by atoms with Crippen molar-refractivity contribution in [2.45, 2.75) is 43.7 Å². The van der Waals surface area contributed by atoms with Crippen molar-refractivity contribution in [3.05, 3.63) is 106 Å². The SMILES string of the molecule is COC(Cc1ccc2c(c1)CCC1C(Cc3ccccc3)NCC21)c1cccc(Cl)c1. The van der Waals surface area contributed by atoms with Crippen LogP contribution in [-0.2, 0) is 24.0 Å². The van der Waals surface area contributed by atoms with E-state index in [1.54, 1.807) is 12.7 Å². The topological polar surface area (TPSA) is 21.3 Å². The molecule has 0 amide bonds. The second-order valence-electron chi connectivity index (χ2n) is 9.03. The first kappa shape index (κ1) is 20.8. The summed E-state index contributed by atoms with van der Waals surface area (Å²) in [6, 6.07) is 26.6. The molecule has 160 valence electrons. The molecule has 1 fully saturated rings. The Morgan fingerprint density at radius 3 is 2.68 bits per heavy atom. The largest absolute Gasteiger partial charge is 0.376 e. The zero-order chi connectivity index (χ0) is 21.2. The fraction of sp³-hybridized carbons (Fsp3) is 0.357. The van der Waals surface area contributed by atoms with E-state index in [0.717, 1.165) is 35.9 Å². The number of benzene rings is 3. The van der Waals surface area contributed by atoms with Gasteiger partial charge in [-0.15, -0.1) is 0 Å². The zero-order valence-electron chi connectivity index (χ0n) is 18.1. The molecule has 4 unspecified atom stereocenters. The number of ether oxygens (including phenoxy) is 1. The van der Waals surface area contributed by atoms with E-state index in [9.17, 15) is 0 Å². The highest BCUT2D eigenvalue weighted by Gasteiger charge is 2.39. The normalized spacial score (nSPS) is 23.2. The fourth-order valence-electron chi connectivity index (χ4n) is 5.64. The van der Waals surface area contributed by atoms with Crippen molar-refractivity contribution in [3.8, 4) is 0 Å². The third kappa shape index (κ3) is 4.43. The maximum absolute atomic E-state index is 6.20. The van der Waals surface area contributed by atoms with Gasteiger partial charge < -0.3 is 10.1 Å². The van der Waals surface area contributed by atoms with Crippen LogP contribution in [0, 0.1) is 5.92 Å². The Bertz CT molecular complexity index is 1030. The standard InChI is InChI=1S/C28H30ClNO/c1-31-28(22-8-5-9-23(29)17-22)16-20-10-12-24-21(14-20)11-13-25-26(24)18-30-27(25)15-19-6-3-2-4-7-19/h2-10,12,14,17,25-28,30H,11,13,15-16,18H2,1H3. The van der Waals surface area contributed by atoms with E-state index < -0.39 is 0 Å². The lowest BCUT2D eigenvalue weighted by Gasteiger charge is -2.31. The van der Waals surface area contributed by atoms with Gasteiger partial charge in [0, 0.05) is 37.1 Å². The number of hydrogen-bond acceptors (Lipinski definition) is 2. The van der Waals surface area contributed by atoms with Crippen molar-refractivity contribution in [2.24, 2.45) is 5.92 Å². The Morgan fingerprint density at radius 1 is 1.00 bits per heavy atom. The Balaban J connectivity index is 1.31. The van der Waals surface area contributed by atoms with E-state index in [1.807, 2.05) is 18.2 Å². The van der Waals surface area contributed by atoms with Crippen LogP contribution in [0.15, 0.2) is 72.8 Å². The molecule has 0 saturated carbocycles. The number of fused-ring (bicyclic) bond motifs is 3. The highest BCUT2D eigenvalue weighted by Crippen LogP contribution is 2.42. The molecule has 0 aromatic heterocycles. The summed E-state index contributed by atoms with van der Waals surface area (Å²) in [7, 11) is 1.78. The second-order valence-corrected chi connectivity index (χ2v) is 9.47. The van der Waals surface area contributed by atoms with Crippen LogP contribution < -0.4 is 5.32 Å². The molecule has 1 aliphatic heterocycles. The van der Waals surface area contributed by atoms with Gasteiger partial charge in [-0.3, -0.25) is 0 Å². The van der Waals surface area contributed by atoms with Gasteiger partial charge in [0.15, 0.2) is 0 Å². The Kier molecular flexibility index (Phi) is 6.13. The van der Waals surface area contributed by atoms with Crippen LogP contribution in [0.5, 0.6) is 0 Å². The van der Waals surface area contributed by atoms with E-state index >= 15 is 0 Å². The van der Waals surface area contributed by atoms with Crippen molar-refractivity contribution < 1.29 is 4.74 Å². The average molecular weight is 432 g/mol. The summed E-state index contributed by atoms with van der Waals surface area (Å²) < 4.78 is 5.81. The number of methoxy groups -OCH3 is 1. The maximum Gasteiger partial charge on any atom is 0.0861 e. The van der Waals surface area contributed by atoms with Crippen LogP contribution in [0.4, 0.5) is 0 Å². The minimum absolute atomic E-state index is 0.0245. The lowest BCUT2D eigenvalue weighted by molar-refractivity contribution is 0.104. The molecule has 0 spiro atoms. The Morgan fingerprint density at radius 2 is 1.87 bits per heavy atom. The van der Waals surface area contributed by atoms with Crippen molar-refractivity contribution in [1.82, 2.24) is 5.32 Å². The average Bonchev–Trinajstić information content (AvgIpc) is 3.21. The molecule has 1 saturated heterocycles. The monoisotopic (exact) mass is 431 g/mol. The first-order valence-corrected chi connectivity index (χ1v) is 11.8. The van der Waals surface area contributed by atoms with Crippen molar-refractivity contribution >= 4 is 11.6 Å². The van der Waals surface area contributed by atoms with Gasteiger partial charge in [0.25, 0.3) is 0 Å². The minimum Gasteiger partial charge on any atom is -0.376 e. The second kappa shape index (κ2) is 9.16. The number of hydrogen-bond donors (Lipinski definition) is 1. The van der Waals surface area contributed by atoms with Gasteiger partial charge in [-0.1, -0.05) is 72.3 Å². The number of rotatable bonds is 6. The molecule has 1 heterocycles. The van der Waals surface area contributed by atoms with E-state index in [4.69, 9.17) is 16.3 Å². The van der Waals surface area contributed by atoms with Gasteiger partial charge in [-0.2, -0.15) is 0 Å². The summed E-state index contributed by atoms with van der Waals surface area (Å²) in [4.78, 5) is 0. The van der Waals surface area contributed by atoms with Gasteiger partial charge >= 0.3 is 0 Å². The van der Waals surface area contributed by atoms with Crippen LogP contribution in [0.3, 0.4) is 0 Å². The van der Waals surface area contributed by atoms with Crippen LogP contribution in [0.2, 0.25) is 5.02 Å². The number of nitrogens with one attached hydrogen (secondary N) is 1. The zero-order valence-corrected chi connectivity index (χ0v) is 18.8. The minimum atomic E-state index is 0.0245. The summed E-state index contributed by atoms with van der Waals surface area (Å²) in [5.41, 5.74) is 7.00. The molecule has 31 heavy (non-hydrogen) atoms. The van der Waals surface area contributed by atoms with Gasteiger partial charge in [-0.05, 0) is 65.1 Å². The van der Waals surface area contributed by atoms with Crippen LogP contribution in [0.25, 0.3) is 0 Å². The highest BCUT2D eigenvalue weighted by molar-refractivity contribution is 6.30. The van der Waals surface area contributed by atoms with Crippen LogP contribution >= 0.6 is 11.6 Å². The van der Waals surface area contributed by atoms with E-state index in [1.165, 1.54) is 29.5 Å². The molecule has 3 heteroatoms. The Hall–Kier alpha value is -2.13. The van der Waals surface area contributed by atoms with E-state index in [-0.39, 0.29) is 6.10 Å². The first-order chi connectivity index (χ1) is 15.2. The number of aryl methyl sites for hydroxylation is 1. The van der Waals surface area contributed by atoms with Gasteiger partial charge in [-0.25, -0.2) is 0 Å². The molecule has 0 bridgehead atoms. The van der Waals surface area contributed by atoms with Gasteiger partial charge in [0.1, 0.15) is 0 Å². The maximum atomic E-state index is 6.20. The molecule has 2 aliphatic rings. The summed E-state index contributed by atoms with van der Waals surface area (Å²) in [5, 5.41) is 4.60. The fourth-order valence-corrected chi connectivity index (χ4v) is 5.84. The quantitative estimate of drug-likeness (QED) is 0.506. The first-order valence-electron chi connectivity index (χ1n) is 11.4. The summed E-state index contributed by atoms with van der Waals surface area (Å²) >= 11 is 6.20. The van der Waals surface area contributed by atoms with Crippen molar-refractivity contribution in [1.29, 1.82) is 0 Å². The predicted molar refractivity (Wildman–Crippen MR) is 128 cm³/mol. The lowest BCUT2D eigenvalue weighted by Crippen LogP contribution is -2.31. The molecule has 5 rings (SSSR count). The van der Waals surface area contributed by atoms with Crippen molar-refractivity contribution in [2.75, 3.05) is 13.7 Å². The lowest BCUT2D eigenvalue weighted by atomic mass is 9.73. The molecule has 3 aromatic carbocycles. The summed E-state index contributed by atoms with van der Waals surface area (Å²) in [6.07, 6.45) is 4.47. The highest BCUT2D eigenvalue weighted by atomic mass is 35.5. The van der Waals surface area contributed by atoms with Gasteiger partial charge in [0.05, 0.1) is 6.10 Å². The molecule has 1 N–H and O–H groups in total. The molecule has 2 nitrogen and oxygen atoms in total. The third-order valence-electron chi connectivity index (χ3n) is 7.21. The molecular weight excluding hydrogens is 402 g/mol. The summed E-state index contributed by atoms with van der Waals surface area (Å²) in [5.74, 6) is 1.37. The van der Waals surface area contributed by atoms with E-state index in [0.29, 0.717) is 12.0 Å². The van der Waals surface area contributed by atoms with Crippen LogP contribution in [0.1, 0.15) is 46.3 Å². The van der Waals surface area contributed by atoms with Crippen molar-refractivity contribution in [3.63, 3.8) is 0 Å². The summed E-state index contributed by atoms with van der Waals surface area (Å²) in [6.45, 7) is 1.09. The third-order valence-corrected chi connectivity index (χ3v) is 7.45. The van der Waals surface area contributed by atoms with Gasteiger partial charge in [0.2, 0.25) is 0 Å². The molecule has 3 aromatic rings. The predicted octanol–water partition coefficient (Wildman–Crippen LogP) is 6.13. The Labute approximate surface area is 190 Å². The molecule has 0 radical (unpaired) electrons. The molecular formula is C28H30ClNO. The van der Waals surface area contributed by atoms with Crippen LogP contribution in [-0.4, -0.2) is 19.7 Å². The molecule has 4 atom stereocenters. The van der Waals surface area contributed by atoms with E-state index in [2.05, 4.69) is 59.9 Å². The molecule has 1 aliphatic carbocycles. The smallest absolute Gasteiger partial charge is 0.0861 e.